The highest BCUT2D eigenvalue weighted by atomic mass is 35.5. The molecule has 0 bridgehead atoms. The van der Waals surface area contributed by atoms with Crippen molar-refractivity contribution in [2.45, 2.75) is 12.5 Å². The Kier molecular flexibility index (Phi) is 4.99. The normalized spacial score (nSPS) is 12.5. The molecule has 1 unspecified atom stereocenters. The van der Waals surface area contributed by atoms with Crippen molar-refractivity contribution in [1.82, 2.24) is 0 Å². The lowest BCUT2D eigenvalue weighted by Gasteiger charge is -2.13. The zero-order valence-corrected chi connectivity index (χ0v) is 12.7. The topological polar surface area (TPSA) is 20.2 Å². The molecule has 2 rings (SSSR count). The van der Waals surface area contributed by atoms with E-state index in [-0.39, 0.29) is 0 Å². The Morgan fingerprint density at radius 3 is 2.21 bits per heavy atom. The molecule has 100 valence electrons. The summed E-state index contributed by atoms with van der Waals surface area (Å²) in [7, 11) is 0. The average molecular weight is 336 g/mol. The van der Waals surface area contributed by atoms with Gasteiger partial charge in [0.25, 0.3) is 0 Å². The van der Waals surface area contributed by atoms with Crippen LogP contribution in [0, 0.1) is 0 Å². The zero-order valence-electron chi connectivity index (χ0n) is 9.71. The summed E-state index contributed by atoms with van der Waals surface area (Å²) in [5.41, 5.74) is 1.52. The van der Waals surface area contributed by atoms with Crippen molar-refractivity contribution in [3.63, 3.8) is 0 Å². The summed E-state index contributed by atoms with van der Waals surface area (Å²) >= 11 is 23.7. The number of halogens is 4. The third-order valence-corrected chi connectivity index (χ3v) is 4.08. The summed E-state index contributed by atoms with van der Waals surface area (Å²) in [5.74, 6) is 0. The second-order valence-corrected chi connectivity index (χ2v) is 5.79. The van der Waals surface area contributed by atoms with E-state index in [0.717, 1.165) is 5.56 Å². The van der Waals surface area contributed by atoms with Crippen LogP contribution in [0.15, 0.2) is 36.4 Å². The fourth-order valence-electron chi connectivity index (χ4n) is 1.73. The van der Waals surface area contributed by atoms with Crippen molar-refractivity contribution in [2.75, 3.05) is 0 Å². The molecule has 2 aromatic carbocycles. The maximum Gasteiger partial charge on any atom is 0.0831 e. The van der Waals surface area contributed by atoms with Crippen LogP contribution in [0.4, 0.5) is 0 Å². The van der Waals surface area contributed by atoms with Gasteiger partial charge in [0.2, 0.25) is 0 Å². The molecule has 1 nitrogen and oxygen atoms in total. The first-order valence-electron chi connectivity index (χ1n) is 5.54. The summed E-state index contributed by atoms with van der Waals surface area (Å²) in [5, 5.41) is 12.2. The van der Waals surface area contributed by atoms with Crippen LogP contribution in [0.1, 0.15) is 17.2 Å². The molecule has 5 heteroatoms. The Bertz CT molecular complexity index is 598. The Morgan fingerprint density at radius 2 is 1.58 bits per heavy atom. The lowest BCUT2D eigenvalue weighted by atomic mass is 10.0. The first kappa shape index (κ1) is 15.0. The van der Waals surface area contributed by atoms with E-state index in [1.54, 1.807) is 36.4 Å². The molecule has 0 spiro atoms. The summed E-state index contributed by atoms with van der Waals surface area (Å²) in [6.45, 7) is 0. The molecule has 0 radical (unpaired) electrons. The smallest absolute Gasteiger partial charge is 0.0831 e. The Morgan fingerprint density at radius 1 is 0.842 bits per heavy atom. The maximum absolute atomic E-state index is 10.2. The second kappa shape index (κ2) is 6.34. The molecule has 0 amide bonds. The van der Waals surface area contributed by atoms with Crippen LogP contribution in [0.2, 0.25) is 20.1 Å². The first-order chi connectivity index (χ1) is 8.97. The lowest BCUT2D eigenvalue weighted by Crippen LogP contribution is -2.02. The number of rotatable bonds is 3. The molecular formula is C14H10Cl4O. The van der Waals surface area contributed by atoms with Gasteiger partial charge in [0.1, 0.15) is 0 Å². The van der Waals surface area contributed by atoms with Gasteiger partial charge in [-0.2, -0.15) is 0 Å². The van der Waals surface area contributed by atoms with Crippen LogP contribution < -0.4 is 0 Å². The van der Waals surface area contributed by atoms with Crippen molar-refractivity contribution < 1.29 is 5.11 Å². The van der Waals surface area contributed by atoms with Gasteiger partial charge in [0.05, 0.1) is 16.1 Å². The Balaban J connectivity index is 2.20. The number of hydrogen-bond acceptors (Lipinski definition) is 1. The second-order valence-electron chi connectivity index (χ2n) is 4.13. The van der Waals surface area contributed by atoms with E-state index >= 15 is 0 Å². The van der Waals surface area contributed by atoms with Crippen LogP contribution in [0.5, 0.6) is 0 Å². The SMILES string of the molecule is OC(Cc1ccc(Cl)cc1Cl)c1ccc(Cl)c(Cl)c1. The highest BCUT2D eigenvalue weighted by Gasteiger charge is 2.12. The quantitative estimate of drug-likeness (QED) is 0.776. The van der Waals surface area contributed by atoms with Gasteiger partial charge < -0.3 is 5.11 Å². The van der Waals surface area contributed by atoms with E-state index in [2.05, 4.69) is 0 Å². The molecule has 2 aromatic rings. The molecule has 0 fully saturated rings. The van der Waals surface area contributed by atoms with Gasteiger partial charge >= 0.3 is 0 Å². The van der Waals surface area contributed by atoms with Gasteiger partial charge in [-0.05, 0) is 35.4 Å². The number of aliphatic hydroxyl groups is 1. The van der Waals surface area contributed by atoms with E-state index in [9.17, 15) is 5.11 Å². The van der Waals surface area contributed by atoms with Crippen molar-refractivity contribution in [2.24, 2.45) is 0 Å². The molecule has 0 saturated carbocycles. The molecule has 1 atom stereocenters. The standard InChI is InChI=1S/C14H10Cl4O/c15-10-3-1-8(12(17)7-10)6-14(19)9-2-4-11(16)13(18)5-9/h1-5,7,14,19H,6H2. The van der Waals surface area contributed by atoms with Gasteiger partial charge in [-0.1, -0.05) is 58.5 Å². The maximum atomic E-state index is 10.2. The molecule has 0 aromatic heterocycles. The van der Waals surface area contributed by atoms with Crippen LogP contribution in [0.3, 0.4) is 0 Å². The van der Waals surface area contributed by atoms with Crippen LogP contribution in [-0.2, 0) is 6.42 Å². The van der Waals surface area contributed by atoms with E-state index in [1.807, 2.05) is 0 Å². The monoisotopic (exact) mass is 334 g/mol. The Hall–Kier alpha value is -0.440. The lowest BCUT2D eigenvalue weighted by molar-refractivity contribution is 0.178. The summed E-state index contributed by atoms with van der Waals surface area (Å²) < 4.78 is 0. The van der Waals surface area contributed by atoms with Gasteiger partial charge in [0, 0.05) is 16.5 Å². The predicted octanol–water partition coefficient (Wildman–Crippen LogP) is 5.58. The van der Waals surface area contributed by atoms with Crippen molar-refractivity contribution in [3.8, 4) is 0 Å². The van der Waals surface area contributed by atoms with Gasteiger partial charge in [0.15, 0.2) is 0 Å². The molecule has 1 N–H and O–H groups in total. The molecule has 0 aliphatic rings. The van der Waals surface area contributed by atoms with Crippen LogP contribution >= 0.6 is 46.4 Å². The van der Waals surface area contributed by atoms with Crippen LogP contribution in [-0.4, -0.2) is 5.11 Å². The van der Waals surface area contributed by atoms with E-state index in [0.29, 0.717) is 32.1 Å². The third kappa shape index (κ3) is 3.77. The predicted molar refractivity (Wildman–Crippen MR) is 81.6 cm³/mol. The van der Waals surface area contributed by atoms with E-state index < -0.39 is 6.10 Å². The fourth-order valence-corrected chi connectivity index (χ4v) is 2.53. The minimum atomic E-state index is -0.701. The summed E-state index contributed by atoms with van der Waals surface area (Å²) in [6.07, 6.45) is -0.318. The summed E-state index contributed by atoms with van der Waals surface area (Å²) in [6, 6.07) is 10.2. The largest absolute Gasteiger partial charge is 0.388 e. The zero-order chi connectivity index (χ0) is 14.0. The molecule has 0 aliphatic carbocycles. The van der Waals surface area contributed by atoms with E-state index in [4.69, 9.17) is 46.4 Å². The van der Waals surface area contributed by atoms with Gasteiger partial charge in [-0.25, -0.2) is 0 Å². The average Bonchev–Trinajstić information content (AvgIpc) is 2.36. The Labute approximate surface area is 131 Å². The van der Waals surface area contributed by atoms with Gasteiger partial charge in [-0.15, -0.1) is 0 Å². The van der Waals surface area contributed by atoms with Crippen molar-refractivity contribution >= 4 is 46.4 Å². The number of hydrogen-bond donors (Lipinski definition) is 1. The van der Waals surface area contributed by atoms with Crippen molar-refractivity contribution in [1.29, 1.82) is 0 Å². The third-order valence-electron chi connectivity index (χ3n) is 2.76. The number of aliphatic hydroxyl groups excluding tert-OH is 1. The number of benzene rings is 2. The van der Waals surface area contributed by atoms with Crippen LogP contribution in [0.25, 0.3) is 0 Å². The minimum Gasteiger partial charge on any atom is -0.388 e. The highest BCUT2D eigenvalue weighted by molar-refractivity contribution is 6.42. The molecule has 0 heterocycles. The minimum absolute atomic E-state index is 0.383. The van der Waals surface area contributed by atoms with Crippen molar-refractivity contribution in [3.05, 3.63) is 67.6 Å². The van der Waals surface area contributed by atoms with E-state index in [1.165, 1.54) is 0 Å². The highest BCUT2D eigenvalue weighted by Crippen LogP contribution is 2.29. The summed E-state index contributed by atoms with van der Waals surface area (Å²) in [4.78, 5) is 0. The first-order valence-corrected chi connectivity index (χ1v) is 7.05. The molecule has 0 saturated heterocycles. The molecular weight excluding hydrogens is 326 g/mol. The molecule has 19 heavy (non-hydrogen) atoms. The fraction of sp³-hybridized carbons (Fsp3) is 0.143. The van der Waals surface area contributed by atoms with Gasteiger partial charge in [-0.3, -0.25) is 0 Å². The molecule has 0 aliphatic heterocycles.